The Kier molecular flexibility index (Phi) is 3.02. The van der Waals surface area contributed by atoms with Crippen molar-refractivity contribution in [2.24, 2.45) is 0 Å². The van der Waals surface area contributed by atoms with E-state index >= 15 is 0 Å². The lowest BCUT2D eigenvalue weighted by molar-refractivity contribution is -0.138. The summed E-state index contributed by atoms with van der Waals surface area (Å²) >= 11 is 0. The Morgan fingerprint density at radius 3 is 2.61 bits per heavy atom. The van der Waals surface area contributed by atoms with Gasteiger partial charge in [0.25, 0.3) is 5.91 Å². The first-order valence-electron chi connectivity index (χ1n) is 5.91. The van der Waals surface area contributed by atoms with E-state index in [1.165, 1.54) is 4.90 Å². The Morgan fingerprint density at radius 2 is 2.17 bits per heavy atom. The molecule has 2 heterocycles. The van der Waals surface area contributed by atoms with Crippen molar-refractivity contribution in [1.82, 2.24) is 15.1 Å². The molecule has 2 aliphatic rings. The molecule has 0 radical (unpaired) electrons. The number of likely N-dealkylation sites (tertiary alicyclic amines) is 1. The van der Waals surface area contributed by atoms with Gasteiger partial charge in [0.15, 0.2) is 0 Å². The number of carbonyl (C=O) groups is 3. The molecule has 4 amide bonds. The summed E-state index contributed by atoms with van der Waals surface area (Å²) in [5.41, 5.74) is -0.956. The number of urea groups is 1. The minimum Gasteiger partial charge on any atom is -0.391 e. The fourth-order valence-corrected chi connectivity index (χ4v) is 2.17. The first kappa shape index (κ1) is 12.8. The summed E-state index contributed by atoms with van der Waals surface area (Å²) < 4.78 is 0. The number of nitrogens with one attached hydrogen (secondary N) is 1. The summed E-state index contributed by atoms with van der Waals surface area (Å²) in [6, 6.07) is -0.543. The fourth-order valence-electron chi connectivity index (χ4n) is 2.17. The SMILES string of the molecule is CC1(C)NC(=O)N(CC(=O)N2CC[C@H](O)C2)C1=O. The van der Waals surface area contributed by atoms with Gasteiger partial charge in [-0.1, -0.05) is 0 Å². The molecule has 0 unspecified atom stereocenters. The summed E-state index contributed by atoms with van der Waals surface area (Å²) in [5, 5.41) is 11.9. The van der Waals surface area contributed by atoms with Crippen molar-refractivity contribution in [3.63, 3.8) is 0 Å². The van der Waals surface area contributed by atoms with Gasteiger partial charge in [-0.2, -0.15) is 0 Å². The maximum atomic E-state index is 11.9. The molecule has 7 nitrogen and oxygen atoms in total. The standard InChI is InChI=1S/C11H17N3O4/c1-11(2)9(17)14(10(18)12-11)6-8(16)13-4-3-7(15)5-13/h7,15H,3-6H2,1-2H3,(H,12,18)/t7-/m0/s1. The van der Waals surface area contributed by atoms with Crippen LogP contribution in [-0.2, 0) is 9.59 Å². The first-order chi connectivity index (χ1) is 8.31. The van der Waals surface area contributed by atoms with Gasteiger partial charge < -0.3 is 15.3 Å². The highest BCUT2D eigenvalue weighted by Gasteiger charge is 2.45. The van der Waals surface area contributed by atoms with Gasteiger partial charge in [0.2, 0.25) is 5.91 Å². The van der Waals surface area contributed by atoms with Gasteiger partial charge in [0.1, 0.15) is 12.1 Å². The molecule has 0 spiro atoms. The highest BCUT2D eigenvalue weighted by molar-refractivity contribution is 6.08. The summed E-state index contributed by atoms with van der Waals surface area (Å²) in [4.78, 5) is 37.7. The van der Waals surface area contributed by atoms with Crippen LogP contribution in [0.3, 0.4) is 0 Å². The molecule has 7 heteroatoms. The Balaban J connectivity index is 2.00. The predicted molar refractivity (Wildman–Crippen MR) is 61.5 cm³/mol. The monoisotopic (exact) mass is 255 g/mol. The van der Waals surface area contributed by atoms with Gasteiger partial charge in [-0.3, -0.25) is 14.5 Å². The molecular formula is C11H17N3O4. The van der Waals surface area contributed by atoms with Crippen molar-refractivity contribution in [1.29, 1.82) is 0 Å². The molecule has 2 rings (SSSR count). The van der Waals surface area contributed by atoms with E-state index < -0.39 is 23.6 Å². The third kappa shape index (κ3) is 2.17. The van der Waals surface area contributed by atoms with Crippen LogP contribution in [-0.4, -0.2) is 64.0 Å². The van der Waals surface area contributed by atoms with Crippen LogP contribution in [0, 0.1) is 0 Å². The number of aliphatic hydroxyl groups excluding tert-OH is 1. The third-order valence-corrected chi connectivity index (χ3v) is 3.25. The Hall–Kier alpha value is -1.63. The zero-order valence-electron chi connectivity index (χ0n) is 10.5. The normalized spacial score (nSPS) is 26.7. The van der Waals surface area contributed by atoms with Crippen molar-refractivity contribution >= 4 is 17.8 Å². The lowest BCUT2D eigenvalue weighted by atomic mass is 10.1. The number of hydrogen-bond acceptors (Lipinski definition) is 4. The zero-order chi connectivity index (χ0) is 13.5. The second-order valence-electron chi connectivity index (χ2n) is 5.23. The average Bonchev–Trinajstić information content (AvgIpc) is 2.77. The molecule has 0 aromatic heterocycles. The number of hydrogen-bond donors (Lipinski definition) is 2. The second-order valence-corrected chi connectivity index (χ2v) is 5.23. The van der Waals surface area contributed by atoms with Crippen LogP contribution in [0.25, 0.3) is 0 Å². The van der Waals surface area contributed by atoms with E-state index in [1.54, 1.807) is 13.8 Å². The van der Waals surface area contributed by atoms with Gasteiger partial charge in [0, 0.05) is 13.1 Å². The van der Waals surface area contributed by atoms with E-state index in [-0.39, 0.29) is 19.0 Å². The Morgan fingerprint density at radius 1 is 1.50 bits per heavy atom. The highest BCUT2D eigenvalue weighted by atomic mass is 16.3. The van der Waals surface area contributed by atoms with E-state index in [1.807, 2.05) is 0 Å². The molecule has 18 heavy (non-hydrogen) atoms. The number of β-amino-alcohol motifs (C(OH)–C–C–N with tert-alkyl or cyclic N) is 1. The quantitative estimate of drug-likeness (QED) is 0.613. The smallest absolute Gasteiger partial charge is 0.325 e. The van der Waals surface area contributed by atoms with Crippen LogP contribution in [0.1, 0.15) is 20.3 Å². The minimum atomic E-state index is -0.956. The fraction of sp³-hybridized carbons (Fsp3) is 0.727. The van der Waals surface area contributed by atoms with Crippen molar-refractivity contribution in [2.45, 2.75) is 31.9 Å². The van der Waals surface area contributed by atoms with Crippen molar-refractivity contribution in [3.8, 4) is 0 Å². The number of amides is 4. The lowest BCUT2D eigenvalue weighted by Gasteiger charge is -2.20. The third-order valence-electron chi connectivity index (χ3n) is 3.25. The maximum Gasteiger partial charge on any atom is 0.325 e. The number of carbonyl (C=O) groups excluding carboxylic acids is 3. The number of rotatable bonds is 2. The molecule has 2 saturated heterocycles. The first-order valence-corrected chi connectivity index (χ1v) is 5.91. The van der Waals surface area contributed by atoms with Crippen molar-refractivity contribution < 1.29 is 19.5 Å². The van der Waals surface area contributed by atoms with Crippen LogP contribution in [0.4, 0.5) is 4.79 Å². The summed E-state index contributed by atoms with van der Waals surface area (Å²) in [7, 11) is 0. The maximum absolute atomic E-state index is 11.9. The summed E-state index contributed by atoms with van der Waals surface area (Å²) in [6.45, 7) is 3.66. The predicted octanol–water partition coefficient (Wildman–Crippen LogP) is -1.09. The largest absolute Gasteiger partial charge is 0.391 e. The van der Waals surface area contributed by atoms with E-state index in [4.69, 9.17) is 0 Å². The number of aliphatic hydroxyl groups is 1. The average molecular weight is 255 g/mol. The molecule has 0 saturated carbocycles. The Bertz CT molecular complexity index is 407. The van der Waals surface area contributed by atoms with Gasteiger partial charge in [-0.25, -0.2) is 4.79 Å². The second kappa shape index (κ2) is 4.24. The summed E-state index contributed by atoms with van der Waals surface area (Å²) in [5.74, 6) is -0.714. The topological polar surface area (TPSA) is 90.0 Å². The molecule has 0 aliphatic carbocycles. The van der Waals surface area contributed by atoms with Gasteiger partial charge in [-0.15, -0.1) is 0 Å². The van der Waals surface area contributed by atoms with Gasteiger partial charge in [0.05, 0.1) is 6.10 Å². The van der Waals surface area contributed by atoms with Crippen LogP contribution in [0.2, 0.25) is 0 Å². The molecule has 2 N–H and O–H groups in total. The molecule has 100 valence electrons. The molecule has 0 aromatic carbocycles. The molecule has 2 fully saturated rings. The van der Waals surface area contributed by atoms with Crippen LogP contribution >= 0.6 is 0 Å². The number of imide groups is 1. The van der Waals surface area contributed by atoms with Crippen LogP contribution in [0.5, 0.6) is 0 Å². The van der Waals surface area contributed by atoms with E-state index in [0.29, 0.717) is 13.0 Å². The lowest BCUT2D eigenvalue weighted by Crippen LogP contribution is -2.44. The van der Waals surface area contributed by atoms with Crippen LogP contribution in [0.15, 0.2) is 0 Å². The van der Waals surface area contributed by atoms with Gasteiger partial charge in [-0.05, 0) is 20.3 Å². The number of nitrogens with zero attached hydrogens (tertiary/aromatic N) is 2. The molecule has 2 aliphatic heterocycles. The van der Waals surface area contributed by atoms with Crippen molar-refractivity contribution in [2.75, 3.05) is 19.6 Å². The molecule has 0 aromatic rings. The van der Waals surface area contributed by atoms with Crippen molar-refractivity contribution in [3.05, 3.63) is 0 Å². The molecular weight excluding hydrogens is 238 g/mol. The molecule has 1 atom stereocenters. The highest BCUT2D eigenvalue weighted by Crippen LogP contribution is 2.17. The summed E-state index contributed by atoms with van der Waals surface area (Å²) in [6.07, 6.45) is 0.0330. The van der Waals surface area contributed by atoms with E-state index in [0.717, 1.165) is 4.90 Å². The zero-order valence-corrected chi connectivity index (χ0v) is 10.5. The van der Waals surface area contributed by atoms with E-state index in [9.17, 15) is 19.5 Å². The van der Waals surface area contributed by atoms with Crippen LogP contribution < -0.4 is 5.32 Å². The minimum absolute atomic E-state index is 0.263. The molecule has 0 bridgehead atoms. The Labute approximate surface area is 105 Å². The van der Waals surface area contributed by atoms with Gasteiger partial charge >= 0.3 is 6.03 Å². The van der Waals surface area contributed by atoms with E-state index in [2.05, 4.69) is 5.32 Å².